The van der Waals surface area contributed by atoms with Crippen molar-refractivity contribution in [3.63, 3.8) is 0 Å². The van der Waals surface area contributed by atoms with Gasteiger partial charge in [0.2, 0.25) is 5.91 Å². The first-order chi connectivity index (χ1) is 13.0. The molecule has 2 amide bonds. The highest BCUT2D eigenvalue weighted by Crippen LogP contribution is 2.30. The predicted molar refractivity (Wildman–Crippen MR) is 100.0 cm³/mol. The van der Waals surface area contributed by atoms with Crippen LogP contribution in [0.1, 0.15) is 26.4 Å². The zero-order valence-corrected chi connectivity index (χ0v) is 15.1. The number of hydrogen-bond donors (Lipinski definition) is 2. The predicted octanol–water partition coefficient (Wildman–Crippen LogP) is 1.23. The van der Waals surface area contributed by atoms with Gasteiger partial charge in [0.05, 0.1) is 19.2 Å². The average molecular weight is 368 g/mol. The van der Waals surface area contributed by atoms with E-state index in [1.807, 2.05) is 23.1 Å². The van der Waals surface area contributed by atoms with E-state index in [9.17, 15) is 14.4 Å². The van der Waals surface area contributed by atoms with Crippen LogP contribution in [0.3, 0.4) is 0 Å². The maximum atomic E-state index is 12.4. The molecule has 0 radical (unpaired) electrons. The first-order valence-corrected chi connectivity index (χ1v) is 8.46. The van der Waals surface area contributed by atoms with Crippen molar-refractivity contribution in [2.75, 3.05) is 37.5 Å². The minimum atomic E-state index is -0.559. The number of esters is 1. The second kappa shape index (κ2) is 7.86. The lowest BCUT2D eigenvalue weighted by molar-refractivity contribution is -0.119. The van der Waals surface area contributed by atoms with Gasteiger partial charge in [0.15, 0.2) is 0 Å². The minimum absolute atomic E-state index is 0.0611. The highest BCUT2D eigenvalue weighted by molar-refractivity contribution is 6.04. The number of nitrogens with zero attached hydrogens (tertiary/aromatic N) is 2. The van der Waals surface area contributed by atoms with Gasteiger partial charge in [-0.2, -0.15) is 0 Å². The molecule has 1 aliphatic heterocycles. The molecule has 0 atom stereocenters. The van der Waals surface area contributed by atoms with Gasteiger partial charge in [-0.1, -0.05) is 6.07 Å². The highest BCUT2D eigenvalue weighted by atomic mass is 16.5. The Morgan fingerprint density at radius 2 is 2.04 bits per heavy atom. The summed E-state index contributed by atoms with van der Waals surface area (Å²) in [5, 5.41) is 5.43. The Kier molecular flexibility index (Phi) is 5.35. The number of carbonyl (C=O) groups excluding carboxylic acids is 3. The molecule has 8 nitrogen and oxygen atoms in total. The summed E-state index contributed by atoms with van der Waals surface area (Å²) >= 11 is 0. The summed E-state index contributed by atoms with van der Waals surface area (Å²) in [5.41, 5.74) is 3.16. The molecule has 0 saturated carbocycles. The lowest BCUT2D eigenvalue weighted by atomic mass is 10.1. The standard InChI is InChI=1S/C19H20N4O4/c1-20-17(24)11-23-8-7-12-3-5-14(9-16(12)23)22-18(25)13-4-6-15(21-10-13)19(26)27-2/h3-6,9-10H,7-8,11H2,1-2H3,(H,20,24)(H,22,25). The fraction of sp³-hybridized carbons (Fsp3) is 0.263. The van der Waals surface area contributed by atoms with Crippen molar-refractivity contribution in [1.82, 2.24) is 10.3 Å². The number of methoxy groups -OCH3 is 1. The Labute approximate surface area is 156 Å². The van der Waals surface area contributed by atoms with E-state index in [1.54, 1.807) is 7.05 Å². The number of nitrogens with one attached hydrogen (secondary N) is 2. The van der Waals surface area contributed by atoms with Crippen LogP contribution in [0.5, 0.6) is 0 Å². The summed E-state index contributed by atoms with van der Waals surface area (Å²) in [4.78, 5) is 41.4. The number of amides is 2. The second-order valence-electron chi connectivity index (χ2n) is 6.07. The Morgan fingerprint density at radius 1 is 1.22 bits per heavy atom. The van der Waals surface area contributed by atoms with Gasteiger partial charge in [-0.15, -0.1) is 0 Å². The largest absolute Gasteiger partial charge is 0.464 e. The number of pyridine rings is 1. The number of aromatic nitrogens is 1. The van der Waals surface area contributed by atoms with E-state index in [4.69, 9.17) is 0 Å². The van der Waals surface area contributed by atoms with E-state index < -0.39 is 5.97 Å². The molecule has 0 aliphatic carbocycles. The van der Waals surface area contributed by atoms with Gasteiger partial charge < -0.3 is 20.3 Å². The van der Waals surface area contributed by atoms with Crippen LogP contribution in [-0.4, -0.2) is 50.0 Å². The summed E-state index contributed by atoms with van der Waals surface area (Å²) in [5.74, 6) is -0.958. The molecule has 0 unspecified atom stereocenters. The molecule has 1 aliphatic rings. The van der Waals surface area contributed by atoms with Crippen molar-refractivity contribution in [1.29, 1.82) is 0 Å². The highest BCUT2D eigenvalue weighted by Gasteiger charge is 2.21. The van der Waals surface area contributed by atoms with Gasteiger partial charge >= 0.3 is 5.97 Å². The lowest BCUT2D eigenvalue weighted by Gasteiger charge is -2.19. The maximum Gasteiger partial charge on any atom is 0.356 e. The monoisotopic (exact) mass is 368 g/mol. The first-order valence-electron chi connectivity index (χ1n) is 8.46. The van der Waals surface area contributed by atoms with Crippen molar-refractivity contribution in [2.24, 2.45) is 0 Å². The molecular formula is C19H20N4O4. The molecule has 3 rings (SSSR count). The molecule has 0 bridgehead atoms. The Bertz CT molecular complexity index is 880. The number of likely N-dealkylation sites (N-methyl/N-ethyl adjacent to an activating group) is 1. The van der Waals surface area contributed by atoms with Crippen LogP contribution in [-0.2, 0) is 16.0 Å². The zero-order valence-electron chi connectivity index (χ0n) is 15.1. The Morgan fingerprint density at radius 3 is 2.70 bits per heavy atom. The van der Waals surface area contributed by atoms with Crippen LogP contribution in [0.4, 0.5) is 11.4 Å². The maximum absolute atomic E-state index is 12.4. The van der Waals surface area contributed by atoms with Gasteiger partial charge in [-0.3, -0.25) is 9.59 Å². The molecule has 0 saturated heterocycles. The van der Waals surface area contributed by atoms with E-state index in [0.29, 0.717) is 11.3 Å². The SMILES string of the molecule is CNC(=O)CN1CCc2ccc(NC(=O)c3ccc(C(=O)OC)nc3)cc21. The fourth-order valence-corrected chi connectivity index (χ4v) is 2.90. The smallest absolute Gasteiger partial charge is 0.356 e. The van der Waals surface area contributed by atoms with Gasteiger partial charge in [0.1, 0.15) is 5.69 Å². The van der Waals surface area contributed by atoms with E-state index in [2.05, 4.69) is 20.4 Å². The molecule has 2 N–H and O–H groups in total. The van der Waals surface area contributed by atoms with Crippen LogP contribution < -0.4 is 15.5 Å². The second-order valence-corrected chi connectivity index (χ2v) is 6.07. The zero-order chi connectivity index (χ0) is 19.4. The third kappa shape index (κ3) is 4.05. The van der Waals surface area contributed by atoms with Crippen LogP contribution in [0.2, 0.25) is 0 Å². The van der Waals surface area contributed by atoms with Gasteiger partial charge in [0, 0.05) is 31.2 Å². The molecule has 8 heteroatoms. The number of benzene rings is 1. The molecule has 1 aromatic heterocycles. The van der Waals surface area contributed by atoms with Gasteiger partial charge in [0.25, 0.3) is 5.91 Å². The summed E-state index contributed by atoms with van der Waals surface area (Å²) in [6.07, 6.45) is 2.19. The number of carbonyl (C=O) groups is 3. The molecule has 2 aromatic rings. The lowest BCUT2D eigenvalue weighted by Crippen LogP contribution is -2.34. The molecule has 0 fully saturated rings. The summed E-state index contributed by atoms with van der Waals surface area (Å²) in [7, 11) is 2.88. The van der Waals surface area contributed by atoms with E-state index >= 15 is 0 Å². The first kappa shape index (κ1) is 18.4. The van der Waals surface area contributed by atoms with Gasteiger partial charge in [-0.25, -0.2) is 9.78 Å². The summed E-state index contributed by atoms with van der Waals surface area (Å²) in [6.45, 7) is 1.04. The van der Waals surface area contributed by atoms with Crippen molar-refractivity contribution in [3.8, 4) is 0 Å². The molecule has 1 aromatic carbocycles. The van der Waals surface area contributed by atoms with E-state index in [-0.39, 0.29) is 24.1 Å². The number of hydrogen-bond acceptors (Lipinski definition) is 6. The summed E-state index contributed by atoms with van der Waals surface area (Å²) < 4.78 is 4.59. The number of anilines is 2. The van der Waals surface area contributed by atoms with Crippen LogP contribution in [0.25, 0.3) is 0 Å². The van der Waals surface area contributed by atoms with Crippen molar-refractivity contribution in [2.45, 2.75) is 6.42 Å². The van der Waals surface area contributed by atoms with Crippen LogP contribution in [0, 0.1) is 0 Å². The van der Waals surface area contributed by atoms with Crippen LogP contribution >= 0.6 is 0 Å². The molecule has 140 valence electrons. The minimum Gasteiger partial charge on any atom is -0.464 e. The Hall–Kier alpha value is -3.42. The fourth-order valence-electron chi connectivity index (χ4n) is 2.90. The van der Waals surface area contributed by atoms with Crippen LogP contribution in [0.15, 0.2) is 36.5 Å². The van der Waals surface area contributed by atoms with E-state index in [0.717, 1.165) is 24.2 Å². The van der Waals surface area contributed by atoms with E-state index in [1.165, 1.54) is 25.4 Å². The topological polar surface area (TPSA) is 101 Å². The average Bonchev–Trinajstić information content (AvgIpc) is 3.09. The normalized spacial score (nSPS) is 12.3. The molecule has 0 spiro atoms. The van der Waals surface area contributed by atoms with Gasteiger partial charge in [-0.05, 0) is 36.2 Å². The number of fused-ring (bicyclic) bond motifs is 1. The van der Waals surface area contributed by atoms with Crippen molar-refractivity contribution in [3.05, 3.63) is 53.3 Å². The molecule has 27 heavy (non-hydrogen) atoms. The number of ether oxygens (including phenoxy) is 1. The molecule has 2 heterocycles. The summed E-state index contributed by atoms with van der Waals surface area (Å²) in [6, 6.07) is 8.59. The quantitative estimate of drug-likeness (QED) is 0.770. The third-order valence-electron chi connectivity index (χ3n) is 4.37. The van der Waals surface area contributed by atoms with Crippen molar-refractivity contribution >= 4 is 29.2 Å². The number of rotatable bonds is 5. The molecular weight excluding hydrogens is 348 g/mol. The third-order valence-corrected chi connectivity index (χ3v) is 4.37. The van der Waals surface area contributed by atoms with Crippen molar-refractivity contribution < 1.29 is 19.1 Å². The Balaban J connectivity index is 1.73.